The van der Waals surface area contributed by atoms with E-state index in [1.807, 2.05) is 11.8 Å². The number of hydrogen-bond donors (Lipinski definition) is 0. The molecule has 2 nitrogen and oxygen atoms in total. The third-order valence-corrected chi connectivity index (χ3v) is 2.68. The summed E-state index contributed by atoms with van der Waals surface area (Å²) >= 11 is 0. The fraction of sp³-hybridized carbons (Fsp3) is 0.583. The largest absolute Gasteiger partial charge is 0.332 e. The minimum atomic E-state index is 0.124. The van der Waals surface area contributed by atoms with Gasteiger partial charge in [-0.2, -0.15) is 0 Å². The van der Waals surface area contributed by atoms with Crippen LogP contribution in [0.5, 0.6) is 0 Å². The molecule has 0 aliphatic heterocycles. The Hall–Kier alpha value is -1.05. The van der Waals surface area contributed by atoms with Crippen molar-refractivity contribution in [3.05, 3.63) is 24.8 Å². The number of amides is 1. The minimum Gasteiger partial charge on any atom is -0.332 e. The first-order valence-electron chi connectivity index (χ1n) is 5.33. The van der Waals surface area contributed by atoms with Gasteiger partial charge in [0.2, 0.25) is 5.91 Å². The molecular formula is C12H19NO. The molecule has 1 rings (SSSR count). The van der Waals surface area contributed by atoms with Gasteiger partial charge in [0.15, 0.2) is 0 Å². The van der Waals surface area contributed by atoms with Crippen molar-refractivity contribution in [2.24, 2.45) is 0 Å². The Balaban J connectivity index is 2.61. The second-order valence-electron chi connectivity index (χ2n) is 3.72. The van der Waals surface area contributed by atoms with Crippen molar-refractivity contribution in [1.29, 1.82) is 0 Å². The van der Waals surface area contributed by atoms with Crippen LogP contribution in [-0.4, -0.2) is 23.4 Å². The molecule has 0 bridgehead atoms. The molecule has 78 valence electrons. The number of nitrogens with zero attached hydrogens (tertiary/aromatic N) is 1. The Morgan fingerprint density at radius 3 is 2.64 bits per heavy atom. The highest BCUT2D eigenvalue weighted by Gasteiger charge is 2.23. The summed E-state index contributed by atoms with van der Waals surface area (Å²) in [5.74, 6) is 0.124. The van der Waals surface area contributed by atoms with Gasteiger partial charge in [-0.1, -0.05) is 25.0 Å². The second kappa shape index (κ2) is 5.63. The van der Waals surface area contributed by atoms with E-state index in [1.165, 1.54) is 12.8 Å². The number of carbonyl (C=O) groups is 1. The molecular weight excluding hydrogens is 174 g/mol. The van der Waals surface area contributed by atoms with Crippen molar-refractivity contribution < 1.29 is 4.79 Å². The molecule has 0 atom stereocenters. The van der Waals surface area contributed by atoms with Crippen molar-refractivity contribution in [1.82, 2.24) is 4.90 Å². The normalized spacial score (nSPS) is 17.5. The fourth-order valence-corrected chi connectivity index (χ4v) is 2.01. The summed E-state index contributed by atoms with van der Waals surface area (Å²) in [7, 11) is 0. The summed E-state index contributed by atoms with van der Waals surface area (Å²) in [6.45, 7) is 6.24. The molecule has 1 amide bonds. The maximum absolute atomic E-state index is 11.7. The molecule has 0 N–H and O–H groups in total. The third-order valence-electron chi connectivity index (χ3n) is 2.68. The number of rotatable bonds is 4. The van der Waals surface area contributed by atoms with E-state index in [2.05, 4.69) is 6.58 Å². The van der Waals surface area contributed by atoms with Crippen LogP contribution >= 0.6 is 0 Å². The highest BCUT2D eigenvalue weighted by atomic mass is 16.2. The second-order valence-corrected chi connectivity index (χ2v) is 3.72. The monoisotopic (exact) mass is 193 g/mol. The predicted molar refractivity (Wildman–Crippen MR) is 59.0 cm³/mol. The summed E-state index contributed by atoms with van der Waals surface area (Å²) in [5.41, 5.74) is 0. The Morgan fingerprint density at radius 2 is 2.14 bits per heavy atom. The van der Waals surface area contributed by atoms with Crippen molar-refractivity contribution in [3.63, 3.8) is 0 Å². The van der Waals surface area contributed by atoms with E-state index in [4.69, 9.17) is 0 Å². The van der Waals surface area contributed by atoms with Crippen molar-refractivity contribution in [2.75, 3.05) is 6.54 Å². The maximum Gasteiger partial charge on any atom is 0.246 e. The summed E-state index contributed by atoms with van der Waals surface area (Å²) in [6, 6.07) is 0.441. The minimum absolute atomic E-state index is 0.124. The highest BCUT2D eigenvalue weighted by Crippen LogP contribution is 2.23. The molecule has 0 unspecified atom stereocenters. The number of hydrogen-bond acceptors (Lipinski definition) is 1. The summed E-state index contributed by atoms with van der Waals surface area (Å²) in [4.78, 5) is 13.6. The van der Waals surface area contributed by atoms with Crippen molar-refractivity contribution in [2.45, 2.75) is 38.6 Å². The van der Waals surface area contributed by atoms with Gasteiger partial charge < -0.3 is 4.90 Å². The van der Waals surface area contributed by atoms with Gasteiger partial charge in [-0.15, -0.1) is 6.58 Å². The zero-order chi connectivity index (χ0) is 10.4. The molecule has 0 aromatic rings. The lowest BCUT2D eigenvalue weighted by Crippen LogP contribution is -2.37. The lowest BCUT2D eigenvalue weighted by Gasteiger charge is -2.26. The molecule has 1 saturated carbocycles. The fourth-order valence-electron chi connectivity index (χ4n) is 2.01. The van der Waals surface area contributed by atoms with Crippen molar-refractivity contribution >= 4 is 5.91 Å². The van der Waals surface area contributed by atoms with Crippen LogP contribution in [0.3, 0.4) is 0 Å². The molecule has 0 aromatic heterocycles. The van der Waals surface area contributed by atoms with E-state index in [0.717, 1.165) is 12.8 Å². The van der Waals surface area contributed by atoms with E-state index in [1.54, 1.807) is 18.2 Å². The Labute approximate surface area is 86.3 Å². The number of carbonyl (C=O) groups excluding carboxylic acids is 1. The highest BCUT2D eigenvalue weighted by molar-refractivity contribution is 5.87. The first-order chi connectivity index (χ1) is 6.79. The quantitative estimate of drug-likeness (QED) is 0.496. The molecule has 2 heteroatoms. The molecule has 1 aliphatic rings. The zero-order valence-electron chi connectivity index (χ0n) is 8.91. The lowest BCUT2D eigenvalue weighted by atomic mass is 10.2. The average Bonchev–Trinajstić information content (AvgIpc) is 2.67. The SMILES string of the molecule is C=CCN(C(=O)C=CC)C1CCCC1. The van der Waals surface area contributed by atoms with Gasteiger partial charge in [0, 0.05) is 12.6 Å². The first-order valence-corrected chi connectivity index (χ1v) is 5.33. The van der Waals surface area contributed by atoms with Crippen LogP contribution in [0.1, 0.15) is 32.6 Å². The van der Waals surface area contributed by atoms with Crippen LogP contribution in [0.4, 0.5) is 0 Å². The van der Waals surface area contributed by atoms with Crippen molar-refractivity contribution in [3.8, 4) is 0 Å². The first kappa shape index (κ1) is 11.0. The third kappa shape index (κ3) is 2.72. The number of allylic oxidation sites excluding steroid dienone is 1. The van der Waals surface area contributed by atoms with Crippen LogP contribution < -0.4 is 0 Å². The van der Waals surface area contributed by atoms with E-state index in [9.17, 15) is 4.79 Å². The molecule has 0 heterocycles. The summed E-state index contributed by atoms with van der Waals surface area (Å²) in [5, 5.41) is 0. The average molecular weight is 193 g/mol. The molecule has 0 spiro atoms. The lowest BCUT2D eigenvalue weighted by molar-refractivity contribution is -0.127. The molecule has 0 radical (unpaired) electrons. The van der Waals surface area contributed by atoms with E-state index in [-0.39, 0.29) is 5.91 Å². The molecule has 0 aromatic carbocycles. The van der Waals surface area contributed by atoms with Crippen LogP contribution in [0.25, 0.3) is 0 Å². The Morgan fingerprint density at radius 1 is 1.50 bits per heavy atom. The van der Waals surface area contributed by atoms with Gasteiger partial charge in [-0.05, 0) is 25.8 Å². The molecule has 1 fully saturated rings. The standard InChI is InChI=1S/C12H19NO/c1-3-7-12(14)13(10-4-2)11-8-5-6-9-11/h3-4,7,11H,2,5-6,8-10H2,1H3. The van der Waals surface area contributed by atoms with Gasteiger partial charge >= 0.3 is 0 Å². The smallest absolute Gasteiger partial charge is 0.246 e. The van der Waals surface area contributed by atoms with E-state index in [0.29, 0.717) is 12.6 Å². The van der Waals surface area contributed by atoms with E-state index < -0.39 is 0 Å². The van der Waals surface area contributed by atoms with E-state index >= 15 is 0 Å². The van der Waals surface area contributed by atoms with Gasteiger partial charge in [0.25, 0.3) is 0 Å². The van der Waals surface area contributed by atoms with Gasteiger partial charge in [0.05, 0.1) is 0 Å². The van der Waals surface area contributed by atoms with Crippen LogP contribution in [0.2, 0.25) is 0 Å². The Bertz CT molecular complexity index is 226. The van der Waals surface area contributed by atoms with Gasteiger partial charge in [0.1, 0.15) is 0 Å². The Kier molecular flexibility index (Phi) is 4.44. The topological polar surface area (TPSA) is 20.3 Å². The van der Waals surface area contributed by atoms with Crippen LogP contribution in [0.15, 0.2) is 24.8 Å². The van der Waals surface area contributed by atoms with Gasteiger partial charge in [-0.3, -0.25) is 4.79 Å². The van der Waals surface area contributed by atoms with Crippen LogP contribution in [-0.2, 0) is 4.79 Å². The maximum atomic E-state index is 11.7. The summed E-state index contributed by atoms with van der Waals surface area (Å²) in [6.07, 6.45) is 10.0. The van der Waals surface area contributed by atoms with Gasteiger partial charge in [-0.25, -0.2) is 0 Å². The molecule has 1 aliphatic carbocycles. The summed E-state index contributed by atoms with van der Waals surface area (Å²) < 4.78 is 0. The molecule has 14 heavy (non-hydrogen) atoms. The molecule has 0 saturated heterocycles. The zero-order valence-corrected chi connectivity index (χ0v) is 8.91. The predicted octanol–water partition coefficient (Wildman–Crippen LogP) is 2.52. The van der Waals surface area contributed by atoms with Crippen LogP contribution in [0, 0.1) is 0 Å².